The fourth-order valence-electron chi connectivity index (χ4n) is 0.807. The van der Waals surface area contributed by atoms with Crippen LogP contribution in [0.15, 0.2) is 24.8 Å². The Hall–Kier alpha value is -1.35. The topological polar surface area (TPSA) is 37.3 Å². The van der Waals surface area contributed by atoms with Gasteiger partial charge in [-0.2, -0.15) is 0 Å². The number of hydrogen-bond donors (Lipinski definition) is 1. The van der Waals surface area contributed by atoms with Crippen LogP contribution in [0.5, 0.6) is 0 Å². The van der Waals surface area contributed by atoms with Gasteiger partial charge < -0.3 is 5.11 Å². The number of carboxylic acid groups (broad SMARTS) is 1. The fraction of sp³-hybridized carbons (Fsp3) is 0. The van der Waals surface area contributed by atoms with Crippen LogP contribution in [0.3, 0.4) is 0 Å². The highest BCUT2D eigenvalue weighted by molar-refractivity contribution is 6.31. The molecule has 0 amide bonds. The summed E-state index contributed by atoms with van der Waals surface area (Å²) < 4.78 is 12.7. The van der Waals surface area contributed by atoms with E-state index in [9.17, 15) is 9.18 Å². The molecule has 1 aromatic carbocycles. The predicted molar refractivity (Wildman–Crippen MR) is 48.1 cm³/mol. The molecule has 0 aliphatic rings. The van der Waals surface area contributed by atoms with Crippen LogP contribution in [0.4, 0.5) is 4.39 Å². The van der Waals surface area contributed by atoms with E-state index in [0.717, 1.165) is 6.07 Å². The van der Waals surface area contributed by atoms with Gasteiger partial charge in [0.2, 0.25) is 0 Å². The van der Waals surface area contributed by atoms with E-state index in [2.05, 4.69) is 6.58 Å². The van der Waals surface area contributed by atoms with Gasteiger partial charge in [0.25, 0.3) is 0 Å². The minimum Gasteiger partial charge on any atom is -0.478 e. The second-order valence-electron chi connectivity index (χ2n) is 2.41. The summed E-state index contributed by atoms with van der Waals surface area (Å²) in [5, 5.41) is 8.45. The number of carboxylic acids is 1. The first-order valence-electron chi connectivity index (χ1n) is 3.40. The van der Waals surface area contributed by atoms with Crippen LogP contribution in [-0.4, -0.2) is 11.1 Å². The Balaban J connectivity index is 3.11. The lowest BCUT2D eigenvalue weighted by Crippen LogP contribution is -1.98. The molecule has 0 aliphatic carbocycles. The zero-order valence-electron chi connectivity index (χ0n) is 6.55. The molecule has 0 unspecified atom stereocenters. The highest BCUT2D eigenvalue weighted by Gasteiger charge is 2.08. The van der Waals surface area contributed by atoms with Crippen molar-refractivity contribution >= 4 is 23.1 Å². The van der Waals surface area contributed by atoms with Crippen LogP contribution in [0.25, 0.3) is 5.57 Å². The molecular formula is C9H6ClFO2. The van der Waals surface area contributed by atoms with Crippen molar-refractivity contribution in [2.45, 2.75) is 0 Å². The molecule has 0 aromatic heterocycles. The Bertz CT molecular complexity index is 374. The van der Waals surface area contributed by atoms with E-state index in [4.69, 9.17) is 16.7 Å². The van der Waals surface area contributed by atoms with Crippen molar-refractivity contribution in [3.63, 3.8) is 0 Å². The third kappa shape index (κ3) is 2.06. The number of halogens is 2. The summed E-state index contributed by atoms with van der Waals surface area (Å²) in [4.78, 5) is 10.5. The molecule has 4 heteroatoms. The summed E-state index contributed by atoms with van der Waals surface area (Å²) in [5.74, 6) is -1.73. The van der Waals surface area contributed by atoms with E-state index >= 15 is 0 Å². The standard InChI is InChI=1S/C9H6ClFO2/c1-5(9(12)13)6-2-3-8(11)7(10)4-6/h2-4H,1H2,(H,12,13). The third-order valence-electron chi connectivity index (χ3n) is 1.53. The molecule has 1 rings (SSSR count). The maximum absolute atomic E-state index is 12.7. The molecule has 0 spiro atoms. The van der Waals surface area contributed by atoms with Gasteiger partial charge in [0.1, 0.15) is 5.82 Å². The van der Waals surface area contributed by atoms with Crippen LogP contribution in [-0.2, 0) is 4.79 Å². The summed E-state index contributed by atoms with van der Waals surface area (Å²) in [7, 11) is 0. The van der Waals surface area contributed by atoms with Gasteiger partial charge in [-0.15, -0.1) is 0 Å². The van der Waals surface area contributed by atoms with Crippen LogP contribution in [0.1, 0.15) is 5.56 Å². The van der Waals surface area contributed by atoms with E-state index in [-0.39, 0.29) is 10.6 Å². The van der Waals surface area contributed by atoms with E-state index in [0.29, 0.717) is 5.56 Å². The number of aliphatic carboxylic acids is 1. The van der Waals surface area contributed by atoms with Gasteiger partial charge in [0, 0.05) is 0 Å². The zero-order chi connectivity index (χ0) is 10.0. The second kappa shape index (κ2) is 3.58. The first-order chi connectivity index (χ1) is 6.02. The summed E-state index contributed by atoms with van der Waals surface area (Å²) >= 11 is 5.45. The van der Waals surface area contributed by atoms with Crippen molar-refractivity contribution in [2.24, 2.45) is 0 Å². The Morgan fingerprint density at radius 3 is 2.62 bits per heavy atom. The zero-order valence-corrected chi connectivity index (χ0v) is 7.31. The molecule has 0 atom stereocenters. The summed E-state index contributed by atoms with van der Waals surface area (Å²) in [6.07, 6.45) is 0. The minimum absolute atomic E-state index is 0.109. The van der Waals surface area contributed by atoms with Gasteiger partial charge >= 0.3 is 5.97 Å². The average Bonchev–Trinajstić information content (AvgIpc) is 2.08. The van der Waals surface area contributed by atoms with Crippen molar-refractivity contribution in [1.29, 1.82) is 0 Å². The molecule has 0 aliphatic heterocycles. The Labute approximate surface area is 79.3 Å². The molecule has 0 saturated carbocycles. The average molecular weight is 201 g/mol. The van der Waals surface area contributed by atoms with Gasteiger partial charge in [0.05, 0.1) is 10.6 Å². The quantitative estimate of drug-likeness (QED) is 0.745. The maximum atomic E-state index is 12.7. The maximum Gasteiger partial charge on any atom is 0.335 e. The highest BCUT2D eigenvalue weighted by atomic mass is 35.5. The lowest BCUT2D eigenvalue weighted by Gasteiger charge is -2.01. The van der Waals surface area contributed by atoms with Gasteiger partial charge in [-0.3, -0.25) is 0 Å². The summed E-state index contributed by atoms with van der Waals surface area (Å²) in [6, 6.07) is 3.65. The molecule has 1 N–H and O–H groups in total. The Morgan fingerprint density at radius 2 is 2.15 bits per heavy atom. The van der Waals surface area contributed by atoms with E-state index in [1.165, 1.54) is 12.1 Å². The molecule has 0 fully saturated rings. The van der Waals surface area contributed by atoms with E-state index < -0.39 is 11.8 Å². The van der Waals surface area contributed by atoms with Crippen molar-refractivity contribution in [2.75, 3.05) is 0 Å². The Morgan fingerprint density at radius 1 is 1.54 bits per heavy atom. The van der Waals surface area contributed by atoms with Crippen molar-refractivity contribution in [3.8, 4) is 0 Å². The monoisotopic (exact) mass is 200 g/mol. The van der Waals surface area contributed by atoms with Crippen molar-refractivity contribution in [1.82, 2.24) is 0 Å². The van der Waals surface area contributed by atoms with Crippen LogP contribution >= 0.6 is 11.6 Å². The molecule has 68 valence electrons. The normalized spacial score (nSPS) is 9.69. The smallest absolute Gasteiger partial charge is 0.335 e. The molecule has 2 nitrogen and oxygen atoms in total. The summed E-state index contributed by atoms with van der Waals surface area (Å²) in [5.41, 5.74) is 0.195. The SMILES string of the molecule is C=C(C(=O)O)c1ccc(F)c(Cl)c1. The number of rotatable bonds is 2. The minimum atomic E-state index is -1.15. The number of carbonyl (C=O) groups is 1. The van der Waals surface area contributed by atoms with Gasteiger partial charge in [0.15, 0.2) is 0 Å². The predicted octanol–water partition coefficient (Wildman–Crippen LogP) is 2.58. The van der Waals surface area contributed by atoms with E-state index in [1.807, 2.05) is 0 Å². The van der Waals surface area contributed by atoms with Gasteiger partial charge in [-0.1, -0.05) is 24.2 Å². The third-order valence-corrected chi connectivity index (χ3v) is 1.82. The molecule has 1 aromatic rings. The molecule has 0 radical (unpaired) electrons. The second-order valence-corrected chi connectivity index (χ2v) is 2.82. The summed E-state index contributed by atoms with van der Waals surface area (Å²) in [6.45, 7) is 3.31. The molecule has 0 bridgehead atoms. The molecule has 13 heavy (non-hydrogen) atoms. The van der Waals surface area contributed by atoms with E-state index in [1.54, 1.807) is 0 Å². The molecule has 0 saturated heterocycles. The molecular weight excluding hydrogens is 195 g/mol. The molecule has 0 heterocycles. The van der Waals surface area contributed by atoms with Crippen molar-refractivity contribution in [3.05, 3.63) is 41.2 Å². The lowest BCUT2D eigenvalue weighted by atomic mass is 10.1. The number of hydrogen-bond acceptors (Lipinski definition) is 1. The fourth-order valence-corrected chi connectivity index (χ4v) is 0.988. The van der Waals surface area contributed by atoms with Crippen LogP contribution in [0.2, 0.25) is 5.02 Å². The highest BCUT2D eigenvalue weighted by Crippen LogP contribution is 2.20. The van der Waals surface area contributed by atoms with Crippen LogP contribution < -0.4 is 0 Å². The first-order valence-corrected chi connectivity index (χ1v) is 3.78. The lowest BCUT2D eigenvalue weighted by molar-refractivity contribution is -0.130. The van der Waals surface area contributed by atoms with Gasteiger partial charge in [-0.25, -0.2) is 9.18 Å². The first kappa shape index (κ1) is 9.74. The van der Waals surface area contributed by atoms with Gasteiger partial charge in [-0.05, 0) is 17.7 Å². The Kier molecular flexibility index (Phi) is 2.68. The largest absolute Gasteiger partial charge is 0.478 e. The van der Waals surface area contributed by atoms with Crippen molar-refractivity contribution < 1.29 is 14.3 Å². The van der Waals surface area contributed by atoms with Crippen LogP contribution in [0, 0.1) is 5.82 Å². The number of benzene rings is 1.